The number of aromatic nitrogens is 3. The smallest absolute Gasteiger partial charge is 0.0788 e. The zero-order chi connectivity index (χ0) is 47.9. The van der Waals surface area contributed by atoms with Crippen LogP contribution in [0.5, 0.6) is 0 Å². The van der Waals surface area contributed by atoms with Gasteiger partial charge in [0.15, 0.2) is 0 Å². The SMILES string of the molecule is Cc1cc(-c2cc3c(-c4cc5ccccc5c5ccccc45)cc(-c4cc5ccccc5c5ccccc45)cc3c(-c3ccc(-c4cccc5cccnc45)c(C)c3)n2)ccc1-c1cccc2cccnc12. The van der Waals surface area contributed by atoms with Crippen LogP contribution in [0.3, 0.4) is 0 Å². The van der Waals surface area contributed by atoms with Crippen molar-refractivity contribution in [3.8, 4) is 67.0 Å². The highest BCUT2D eigenvalue weighted by molar-refractivity contribution is 6.20. The molecule has 0 radical (unpaired) electrons. The molecule has 3 heteroatoms. The van der Waals surface area contributed by atoms with Crippen LogP contribution in [0.15, 0.2) is 237 Å². The summed E-state index contributed by atoms with van der Waals surface area (Å²) in [5.41, 5.74) is 17.5. The summed E-state index contributed by atoms with van der Waals surface area (Å²) in [6, 6.07) is 82.1. The van der Waals surface area contributed by atoms with Gasteiger partial charge < -0.3 is 0 Å². The minimum atomic E-state index is 0.915. The second kappa shape index (κ2) is 16.7. The van der Waals surface area contributed by atoms with Crippen molar-refractivity contribution in [2.45, 2.75) is 13.8 Å². The van der Waals surface area contributed by atoms with E-state index >= 15 is 0 Å². The molecule has 0 saturated carbocycles. The first-order chi connectivity index (χ1) is 35.5. The zero-order valence-corrected chi connectivity index (χ0v) is 39.9. The third-order valence-electron chi connectivity index (χ3n) is 15.0. The molecule has 3 nitrogen and oxygen atoms in total. The molecule has 0 bridgehead atoms. The van der Waals surface area contributed by atoms with Gasteiger partial charge in [0.1, 0.15) is 0 Å². The molecule has 3 heterocycles. The normalized spacial score (nSPS) is 11.8. The summed E-state index contributed by atoms with van der Waals surface area (Å²) in [4.78, 5) is 15.5. The van der Waals surface area contributed by atoms with Crippen molar-refractivity contribution in [1.82, 2.24) is 15.0 Å². The van der Waals surface area contributed by atoms with E-state index in [1.807, 2.05) is 24.5 Å². The van der Waals surface area contributed by atoms with Crippen LogP contribution < -0.4 is 0 Å². The minimum Gasteiger partial charge on any atom is -0.256 e. The van der Waals surface area contributed by atoms with Gasteiger partial charge in [0.05, 0.1) is 22.4 Å². The van der Waals surface area contributed by atoms with E-state index in [9.17, 15) is 0 Å². The van der Waals surface area contributed by atoms with Crippen LogP contribution in [0.25, 0.3) is 143 Å². The van der Waals surface area contributed by atoms with Gasteiger partial charge in [0, 0.05) is 50.8 Å². The summed E-state index contributed by atoms with van der Waals surface area (Å²) in [6.45, 7) is 4.43. The molecule has 3 aromatic heterocycles. The Morgan fingerprint density at radius 1 is 0.264 bits per heavy atom. The van der Waals surface area contributed by atoms with Gasteiger partial charge in [-0.25, -0.2) is 4.98 Å². The molecule has 0 saturated heterocycles. The highest BCUT2D eigenvalue weighted by atomic mass is 14.7. The molecule has 0 atom stereocenters. The fourth-order valence-corrected chi connectivity index (χ4v) is 11.6. The molecule has 336 valence electrons. The van der Waals surface area contributed by atoms with Gasteiger partial charge in [-0.1, -0.05) is 170 Å². The van der Waals surface area contributed by atoms with Crippen molar-refractivity contribution in [3.05, 3.63) is 248 Å². The lowest BCUT2D eigenvalue weighted by Crippen LogP contribution is -1.97. The van der Waals surface area contributed by atoms with Crippen molar-refractivity contribution in [2.75, 3.05) is 0 Å². The monoisotopic (exact) mass is 915 g/mol. The number of benzene rings is 11. The lowest BCUT2D eigenvalue weighted by atomic mass is 9.85. The summed E-state index contributed by atoms with van der Waals surface area (Å²) in [6.07, 6.45) is 3.77. The first-order valence-electron chi connectivity index (χ1n) is 24.7. The van der Waals surface area contributed by atoms with Gasteiger partial charge in [0.2, 0.25) is 0 Å². The number of nitrogens with zero attached hydrogens (tertiary/aromatic N) is 3. The first-order valence-corrected chi connectivity index (χ1v) is 24.7. The molecular weight excluding hydrogens is 871 g/mol. The molecule has 0 fully saturated rings. The first kappa shape index (κ1) is 41.6. The van der Waals surface area contributed by atoms with Crippen LogP contribution in [-0.4, -0.2) is 15.0 Å². The number of rotatable bonds is 6. The Balaban J connectivity index is 1.08. The Hall–Kier alpha value is -9.31. The van der Waals surface area contributed by atoms with Gasteiger partial charge in [-0.15, -0.1) is 0 Å². The fourth-order valence-electron chi connectivity index (χ4n) is 11.6. The Kier molecular flexibility index (Phi) is 9.65. The van der Waals surface area contributed by atoms with Gasteiger partial charge in [-0.2, -0.15) is 0 Å². The highest BCUT2D eigenvalue weighted by Crippen LogP contribution is 2.46. The summed E-state index contributed by atoms with van der Waals surface area (Å²) >= 11 is 0. The van der Waals surface area contributed by atoms with E-state index in [2.05, 4.69) is 226 Å². The summed E-state index contributed by atoms with van der Waals surface area (Å²) in [5.74, 6) is 0. The molecule has 11 aromatic carbocycles. The molecule has 0 aliphatic carbocycles. The second-order valence-corrected chi connectivity index (χ2v) is 19.2. The Bertz CT molecular complexity index is 4540. The summed E-state index contributed by atoms with van der Waals surface area (Å²) in [7, 11) is 0. The van der Waals surface area contributed by atoms with Gasteiger partial charge >= 0.3 is 0 Å². The topological polar surface area (TPSA) is 38.7 Å². The third kappa shape index (κ3) is 6.77. The number of pyridine rings is 3. The van der Waals surface area contributed by atoms with E-state index in [4.69, 9.17) is 15.0 Å². The fraction of sp³-hybridized carbons (Fsp3) is 0.0290. The highest BCUT2D eigenvalue weighted by Gasteiger charge is 2.21. The van der Waals surface area contributed by atoms with Crippen molar-refractivity contribution in [3.63, 3.8) is 0 Å². The average molecular weight is 916 g/mol. The largest absolute Gasteiger partial charge is 0.256 e. The third-order valence-corrected chi connectivity index (χ3v) is 15.0. The Morgan fingerprint density at radius 2 is 0.736 bits per heavy atom. The number of hydrogen-bond donors (Lipinski definition) is 0. The Labute approximate surface area is 417 Å². The Morgan fingerprint density at radius 3 is 1.33 bits per heavy atom. The van der Waals surface area contributed by atoms with Crippen LogP contribution in [0, 0.1) is 13.8 Å². The second-order valence-electron chi connectivity index (χ2n) is 19.2. The van der Waals surface area contributed by atoms with Gasteiger partial charge in [0.25, 0.3) is 0 Å². The lowest BCUT2D eigenvalue weighted by molar-refractivity contribution is 1.33. The molecule has 0 amide bonds. The quantitative estimate of drug-likeness (QED) is 0.156. The molecular formula is C69H45N3. The van der Waals surface area contributed by atoms with Gasteiger partial charge in [-0.3, -0.25) is 9.97 Å². The number of para-hydroxylation sites is 2. The zero-order valence-electron chi connectivity index (χ0n) is 39.9. The number of hydrogen-bond acceptors (Lipinski definition) is 3. The van der Waals surface area contributed by atoms with Crippen molar-refractivity contribution < 1.29 is 0 Å². The standard InChI is InChI=1S/C69H45N3/c1-42-35-48(29-31-51(42)59-27-11-17-44-19-13-33-70-67(44)59)66-41-64-63(62-38-47-16-4-6-22-54(47)56-24-8-10-26-58(56)62)39-50(61-37-46-15-3-5-21-53(46)55-23-7-9-25-57(55)61)40-65(64)69(72-66)49-30-32-52(43(2)36-49)60-28-12-18-45-20-14-34-71-68(45)60/h3-41H,1-2H3. The molecule has 14 aromatic rings. The van der Waals surface area contributed by atoms with Crippen molar-refractivity contribution in [2.24, 2.45) is 0 Å². The molecule has 0 spiro atoms. The van der Waals surface area contributed by atoms with E-state index in [1.165, 1.54) is 54.2 Å². The van der Waals surface area contributed by atoms with Crippen LogP contribution >= 0.6 is 0 Å². The molecule has 0 aliphatic heterocycles. The predicted molar refractivity (Wildman–Crippen MR) is 304 cm³/mol. The maximum atomic E-state index is 5.80. The molecule has 0 unspecified atom stereocenters. The molecule has 14 rings (SSSR count). The minimum absolute atomic E-state index is 0.915. The van der Waals surface area contributed by atoms with Crippen LogP contribution in [0.2, 0.25) is 0 Å². The number of fused-ring (bicyclic) bond motifs is 9. The summed E-state index contributed by atoms with van der Waals surface area (Å²) < 4.78 is 0. The van der Waals surface area contributed by atoms with Crippen LogP contribution in [0.1, 0.15) is 11.1 Å². The maximum Gasteiger partial charge on any atom is 0.0788 e. The van der Waals surface area contributed by atoms with Crippen LogP contribution in [-0.2, 0) is 0 Å². The van der Waals surface area contributed by atoms with E-state index < -0.39 is 0 Å². The van der Waals surface area contributed by atoms with E-state index in [0.29, 0.717) is 0 Å². The van der Waals surface area contributed by atoms with Crippen molar-refractivity contribution in [1.29, 1.82) is 0 Å². The number of aryl methyl sites for hydroxylation is 2. The molecule has 0 aliphatic rings. The van der Waals surface area contributed by atoms with E-state index in [0.717, 1.165) is 99.6 Å². The average Bonchev–Trinajstić information content (AvgIpc) is 3.44. The lowest BCUT2D eigenvalue weighted by Gasteiger charge is -2.20. The van der Waals surface area contributed by atoms with E-state index in [1.54, 1.807) is 0 Å². The van der Waals surface area contributed by atoms with Gasteiger partial charge in [-0.05, 0) is 161 Å². The molecule has 0 N–H and O–H groups in total. The molecule has 72 heavy (non-hydrogen) atoms. The van der Waals surface area contributed by atoms with E-state index in [-0.39, 0.29) is 0 Å². The maximum absolute atomic E-state index is 5.80. The van der Waals surface area contributed by atoms with Crippen LogP contribution in [0.4, 0.5) is 0 Å². The predicted octanol–water partition coefficient (Wildman–Crippen LogP) is 18.6. The summed E-state index contributed by atoms with van der Waals surface area (Å²) in [5, 5.41) is 14.3. The van der Waals surface area contributed by atoms with Crippen molar-refractivity contribution >= 4 is 75.7 Å².